The quantitative estimate of drug-likeness (QED) is 0.327. The zero-order chi connectivity index (χ0) is 18.5. The van der Waals surface area contributed by atoms with Gasteiger partial charge in [0, 0.05) is 12.1 Å². The summed E-state index contributed by atoms with van der Waals surface area (Å²) in [6, 6.07) is 9.21. The standard InChI is InChI=1S/C19H15F2NO4/c20-17-8-15(9-18(21)16(17)10-22)26-19(23)12-3-5-13(6-4-12)24-7-1-2-14-11-25-14/h3-6,8-9,14H,1-2,7,11H2. The zero-order valence-electron chi connectivity index (χ0n) is 13.7. The van der Waals surface area contributed by atoms with Crippen molar-refractivity contribution >= 4 is 5.97 Å². The summed E-state index contributed by atoms with van der Waals surface area (Å²) in [4.78, 5) is 12.1. The number of nitrogens with zero attached hydrogens (tertiary/aromatic N) is 1. The minimum absolute atomic E-state index is 0.203. The van der Waals surface area contributed by atoms with Gasteiger partial charge < -0.3 is 14.2 Å². The maximum absolute atomic E-state index is 13.5. The van der Waals surface area contributed by atoms with Gasteiger partial charge in [0.2, 0.25) is 0 Å². The lowest BCUT2D eigenvalue weighted by atomic mass is 10.2. The maximum atomic E-state index is 13.5. The molecule has 0 N–H and O–H groups in total. The van der Waals surface area contributed by atoms with Crippen LogP contribution in [0.25, 0.3) is 0 Å². The van der Waals surface area contributed by atoms with Crippen molar-refractivity contribution in [2.24, 2.45) is 0 Å². The SMILES string of the molecule is N#Cc1c(F)cc(OC(=O)c2ccc(OCCCC3CO3)cc2)cc1F. The number of epoxide rings is 1. The molecular formula is C19H15F2NO4. The highest BCUT2D eigenvalue weighted by Gasteiger charge is 2.21. The van der Waals surface area contributed by atoms with Crippen LogP contribution in [0.3, 0.4) is 0 Å². The molecule has 7 heteroatoms. The molecule has 1 fully saturated rings. The van der Waals surface area contributed by atoms with E-state index in [9.17, 15) is 13.6 Å². The van der Waals surface area contributed by atoms with Gasteiger partial charge >= 0.3 is 5.97 Å². The number of ether oxygens (including phenoxy) is 3. The number of hydrogen-bond acceptors (Lipinski definition) is 5. The van der Waals surface area contributed by atoms with Crippen LogP contribution in [-0.4, -0.2) is 25.3 Å². The molecule has 0 spiro atoms. The van der Waals surface area contributed by atoms with Crippen LogP contribution in [0.1, 0.15) is 28.8 Å². The minimum atomic E-state index is -1.09. The molecule has 1 saturated heterocycles. The lowest BCUT2D eigenvalue weighted by Gasteiger charge is -2.08. The van der Waals surface area contributed by atoms with Crippen molar-refractivity contribution in [3.8, 4) is 17.6 Å². The van der Waals surface area contributed by atoms with E-state index in [2.05, 4.69) is 0 Å². The third-order valence-electron chi connectivity index (χ3n) is 3.77. The van der Waals surface area contributed by atoms with Crippen LogP contribution in [0.5, 0.6) is 11.5 Å². The molecule has 0 aliphatic carbocycles. The molecule has 1 aliphatic rings. The highest BCUT2D eigenvalue weighted by Crippen LogP contribution is 2.22. The topological polar surface area (TPSA) is 71.8 Å². The first-order valence-electron chi connectivity index (χ1n) is 8.02. The Labute approximate surface area is 148 Å². The Hall–Kier alpha value is -2.98. The Morgan fingerprint density at radius 2 is 1.85 bits per heavy atom. The van der Waals surface area contributed by atoms with Gasteiger partial charge in [-0.1, -0.05) is 0 Å². The molecule has 1 aliphatic heterocycles. The van der Waals surface area contributed by atoms with E-state index in [1.807, 2.05) is 0 Å². The Kier molecular flexibility index (Phi) is 5.44. The van der Waals surface area contributed by atoms with Gasteiger partial charge in [-0.25, -0.2) is 13.6 Å². The highest BCUT2D eigenvalue weighted by molar-refractivity contribution is 5.91. The average Bonchev–Trinajstić information content (AvgIpc) is 3.43. The van der Waals surface area contributed by atoms with Gasteiger partial charge in [0.25, 0.3) is 0 Å². The van der Waals surface area contributed by atoms with Crippen LogP contribution in [0.2, 0.25) is 0 Å². The zero-order valence-corrected chi connectivity index (χ0v) is 13.7. The summed E-state index contributed by atoms with van der Waals surface area (Å²) >= 11 is 0. The molecule has 0 radical (unpaired) electrons. The Morgan fingerprint density at radius 1 is 1.19 bits per heavy atom. The number of esters is 1. The fourth-order valence-electron chi connectivity index (χ4n) is 2.30. The van der Waals surface area contributed by atoms with Crippen LogP contribution in [0.15, 0.2) is 36.4 Å². The normalized spacial score (nSPS) is 15.2. The van der Waals surface area contributed by atoms with Crippen molar-refractivity contribution < 1.29 is 27.8 Å². The lowest BCUT2D eigenvalue weighted by Crippen LogP contribution is -2.09. The second-order valence-corrected chi connectivity index (χ2v) is 5.73. The van der Waals surface area contributed by atoms with Crippen LogP contribution >= 0.6 is 0 Å². The summed E-state index contributed by atoms with van der Waals surface area (Å²) in [6.45, 7) is 1.37. The minimum Gasteiger partial charge on any atom is -0.494 e. The molecule has 0 bridgehead atoms. The number of nitriles is 1. The number of halogens is 2. The van der Waals surface area contributed by atoms with E-state index in [0.717, 1.165) is 31.6 Å². The summed E-state index contributed by atoms with van der Waals surface area (Å²) in [5.74, 6) is -2.66. The van der Waals surface area contributed by atoms with E-state index in [-0.39, 0.29) is 11.3 Å². The van der Waals surface area contributed by atoms with Crippen molar-refractivity contribution in [1.82, 2.24) is 0 Å². The second kappa shape index (κ2) is 7.93. The van der Waals surface area contributed by atoms with Crippen molar-refractivity contribution in [3.05, 3.63) is 59.2 Å². The average molecular weight is 359 g/mol. The molecule has 2 aromatic rings. The second-order valence-electron chi connectivity index (χ2n) is 5.73. The van der Waals surface area contributed by atoms with Crippen LogP contribution in [0, 0.1) is 23.0 Å². The number of benzene rings is 2. The fraction of sp³-hybridized carbons (Fsp3) is 0.263. The number of carbonyl (C=O) groups is 1. The van der Waals surface area contributed by atoms with Gasteiger partial charge in [0.1, 0.15) is 34.8 Å². The van der Waals surface area contributed by atoms with E-state index >= 15 is 0 Å². The highest BCUT2D eigenvalue weighted by atomic mass is 19.1. The van der Waals surface area contributed by atoms with Crippen molar-refractivity contribution in [2.75, 3.05) is 13.2 Å². The summed E-state index contributed by atoms with van der Waals surface area (Å²) < 4.78 is 42.7. The van der Waals surface area contributed by atoms with E-state index in [4.69, 9.17) is 19.5 Å². The molecule has 3 rings (SSSR count). The third kappa shape index (κ3) is 4.55. The number of hydrogen-bond donors (Lipinski definition) is 0. The first-order chi connectivity index (χ1) is 12.6. The Bertz CT molecular complexity index is 819. The molecule has 0 amide bonds. The summed E-state index contributed by atoms with van der Waals surface area (Å²) in [5.41, 5.74) is -0.520. The van der Waals surface area contributed by atoms with Gasteiger partial charge in [-0.05, 0) is 37.1 Å². The van der Waals surface area contributed by atoms with Gasteiger partial charge in [-0.15, -0.1) is 0 Å². The van der Waals surface area contributed by atoms with Gasteiger partial charge in [-0.2, -0.15) is 5.26 Å². The van der Waals surface area contributed by atoms with E-state index in [1.54, 1.807) is 12.1 Å². The monoisotopic (exact) mass is 359 g/mol. The first kappa shape index (κ1) is 17.8. The molecule has 1 unspecified atom stereocenters. The molecule has 2 aromatic carbocycles. The molecule has 5 nitrogen and oxygen atoms in total. The predicted octanol–water partition coefficient (Wildman–Crippen LogP) is 3.61. The maximum Gasteiger partial charge on any atom is 0.343 e. The van der Waals surface area contributed by atoms with E-state index in [0.29, 0.717) is 18.5 Å². The molecule has 26 heavy (non-hydrogen) atoms. The summed E-state index contributed by atoms with van der Waals surface area (Å²) in [6.07, 6.45) is 2.21. The third-order valence-corrected chi connectivity index (χ3v) is 3.77. The van der Waals surface area contributed by atoms with Crippen molar-refractivity contribution in [3.63, 3.8) is 0 Å². The Balaban J connectivity index is 1.56. The van der Waals surface area contributed by atoms with Crippen LogP contribution in [-0.2, 0) is 4.74 Å². The van der Waals surface area contributed by atoms with Crippen LogP contribution < -0.4 is 9.47 Å². The molecule has 1 atom stereocenters. The largest absolute Gasteiger partial charge is 0.494 e. The smallest absolute Gasteiger partial charge is 0.343 e. The lowest BCUT2D eigenvalue weighted by molar-refractivity contribution is 0.0734. The van der Waals surface area contributed by atoms with Crippen molar-refractivity contribution in [1.29, 1.82) is 5.26 Å². The van der Waals surface area contributed by atoms with E-state index in [1.165, 1.54) is 18.2 Å². The van der Waals surface area contributed by atoms with E-state index < -0.39 is 23.2 Å². The van der Waals surface area contributed by atoms with Crippen molar-refractivity contribution in [2.45, 2.75) is 18.9 Å². The summed E-state index contributed by atoms with van der Waals surface area (Å²) in [7, 11) is 0. The molecule has 0 saturated carbocycles. The molecule has 1 heterocycles. The summed E-state index contributed by atoms with van der Waals surface area (Å²) in [5, 5.41) is 8.63. The predicted molar refractivity (Wildman–Crippen MR) is 86.9 cm³/mol. The molecule has 0 aromatic heterocycles. The van der Waals surface area contributed by atoms with Crippen LogP contribution in [0.4, 0.5) is 8.78 Å². The number of carbonyl (C=O) groups excluding carboxylic acids is 1. The number of rotatable bonds is 7. The Morgan fingerprint density at radius 3 is 2.42 bits per heavy atom. The van der Waals surface area contributed by atoms with Gasteiger partial charge in [0.15, 0.2) is 0 Å². The first-order valence-corrected chi connectivity index (χ1v) is 8.02. The molecule has 134 valence electrons. The fourth-order valence-corrected chi connectivity index (χ4v) is 2.30. The van der Waals surface area contributed by atoms with Gasteiger partial charge in [0.05, 0.1) is 24.9 Å². The molecular weight excluding hydrogens is 344 g/mol. The van der Waals surface area contributed by atoms with Gasteiger partial charge in [-0.3, -0.25) is 0 Å².